The Morgan fingerprint density at radius 2 is 2.18 bits per heavy atom. The first-order chi connectivity index (χ1) is 10.5. The van der Waals surface area contributed by atoms with Gasteiger partial charge in [0.1, 0.15) is 10.5 Å². The third kappa shape index (κ3) is 2.29. The Morgan fingerprint density at radius 3 is 2.91 bits per heavy atom. The number of halogens is 2. The number of nitrogens with one attached hydrogen (secondary N) is 2. The molecule has 0 unspecified atom stereocenters. The zero-order chi connectivity index (χ0) is 15.9. The van der Waals surface area contributed by atoms with Crippen molar-refractivity contribution in [1.82, 2.24) is 14.8 Å². The molecule has 0 fully saturated rings. The Bertz CT molecular complexity index is 919. The average molecular weight is 323 g/mol. The summed E-state index contributed by atoms with van der Waals surface area (Å²) >= 11 is 5.97. The fraction of sp³-hybridized carbons (Fsp3) is 0.143. The first-order valence-corrected chi connectivity index (χ1v) is 6.74. The number of aromatic nitrogens is 3. The third-order valence-electron chi connectivity index (χ3n) is 3.22. The van der Waals surface area contributed by atoms with Crippen LogP contribution in [0.15, 0.2) is 29.1 Å². The van der Waals surface area contributed by atoms with Crippen LogP contribution < -0.4 is 15.6 Å². The summed E-state index contributed by atoms with van der Waals surface area (Å²) in [5.41, 5.74) is 0.880. The Hall–Kier alpha value is -2.54. The molecule has 2 heterocycles. The van der Waals surface area contributed by atoms with Gasteiger partial charge < -0.3 is 10.1 Å². The maximum absolute atomic E-state index is 13.8. The Kier molecular flexibility index (Phi) is 3.50. The summed E-state index contributed by atoms with van der Waals surface area (Å²) in [6.07, 6.45) is 0. The number of aryl methyl sites for hydroxylation is 1. The van der Waals surface area contributed by atoms with Gasteiger partial charge in [-0.15, -0.1) is 0 Å². The van der Waals surface area contributed by atoms with Gasteiger partial charge in [-0.25, -0.2) is 9.37 Å². The lowest BCUT2D eigenvalue weighted by Gasteiger charge is -2.12. The molecule has 0 saturated heterocycles. The smallest absolute Gasteiger partial charge is 0.277 e. The Balaban J connectivity index is 2.20. The minimum Gasteiger partial charge on any atom is -0.492 e. The highest BCUT2D eigenvalue weighted by molar-refractivity contribution is 6.30. The number of benzene rings is 1. The SMILES string of the molecule is COc1c(F)cccc1Nc1cc(Cl)nc2[nH]n(C)c(=O)c12. The monoisotopic (exact) mass is 322 g/mol. The van der Waals surface area contributed by atoms with Crippen LogP contribution in [0.4, 0.5) is 15.8 Å². The van der Waals surface area contributed by atoms with Gasteiger partial charge in [0.15, 0.2) is 17.2 Å². The number of anilines is 2. The van der Waals surface area contributed by atoms with Gasteiger partial charge in [0.2, 0.25) is 0 Å². The Labute approximate surface area is 129 Å². The zero-order valence-electron chi connectivity index (χ0n) is 11.8. The molecular formula is C14H12ClFN4O2. The lowest BCUT2D eigenvalue weighted by atomic mass is 10.2. The molecule has 22 heavy (non-hydrogen) atoms. The fourth-order valence-electron chi connectivity index (χ4n) is 2.25. The van der Waals surface area contributed by atoms with Gasteiger partial charge in [0.05, 0.1) is 18.5 Å². The van der Waals surface area contributed by atoms with Crippen LogP contribution in [0, 0.1) is 5.82 Å². The lowest BCUT2D eigenvalue weighted by Crippen LogP contribution is -2.12. The molecule has 0 spiro atoms. The van der Waals surface area contributed by atoms with Crippen molar-refractivity contribution < 1.29 is 9.13 Å². The molecule has 0 aliphatic heterocycles. The van der Waals surface area contributed by atoms with Crippen molar-refractivity contribution in [2.45, 2.75) is 0 Å². The van der Waals surface area contributed by atoms with Gasteiger partial charge in [-0.3, -0.25) is 14.6 Å². The molecule has 3 aromatic rings. The van der Waals surface area contributed by atoms with E-state index >= 15 is 0 Å². The van der Waals surface area contributed by atoms with Crippen LogP contribution in [0.5, 0.6) is 5.75 Å². The maximum atomic E-state index is 13.8. The van der Waals surface area contributed by atoms with Gasteiger partial charge in [0.25, 0.3) is 5.56 Å². The van der Waals surface area contributed by atoms with E-state index in [2.05, 4.69) is 15.4 Å². The van der Waals surface area contributed by atoms with Crippen LogP contribution in [-0.4, -0.2) is 21.9 Å². The van der Waals surface area contributed by atoms with E-state index < -0.39 is 5.82 Å². The first kappa shape index (κ1) is 14.4. The van der Waals surface area contributed by atoms with E-state index in [0.717, 1.165) is 0 Å². The molecule has 2 aromatic heterocycles. The van der Waals surface area contributed by atoms with E-state index in [0.29, 0.717) is 22.4 Å². The fourth-order valence-corrected chi connectivity index (χ4v) is 2.44. The number of pyridine rings is 1. The number of aromatic amines is 1. The molecule has 6 nitrogen and oxygen atoms in total. The van der Waals surface area contributed by atoms with Crippen LogP contribution >= 0.6 is 11.6 Å². The highest BCUT2D eigenvalue weighted by Gasteiger charge is 2.15. The van der Waals surface area contributed by atoms with Crippen molar-refractivity contribution in [2.24, 2.45) is 7.05 Å². The number of rotatable bonds is 3. The van der Waals surface area contributed by atoms with Gasteiger partial charge in [-0.2, -0.15) is 0 Å². The van der Waals surface area contributed by atoms with Crippen LogP contribution in [0.2, 0.25) is 5.15 Å². The number of H-pyrrole nitrogens is 1. The number of fused-ring (bicyclic) bond motifs is 1. The quantitative estimate of drug-likeness (QED) is 0.727. The zero-order valence-corrected chi connectivity index (χ0v) is 12.5. The molecule has 1 aromatic carbocycles. The molecule has 0 radical (unpaired) electrons. The van der Waals surface area contributed by atoms with Crippen molar-refractivity contribution in [1.29, 1.82) is 0 Å². The molecular weight excluding hydrogens is 311 g/mol. The van der Waals surface area contributed by atoms with Gasteiger partial charge >= 0.3 is 0 Å². The van der Waals surface area contributed by atoms with Crippen LogP contribution in [0.25, 0.3) is 11.0 Å². The minimum absolute atomic E-state index is 0.0518. The van der Waals surface area contributed by atoms with Gasteiger partial charge in [-0.1, -0.05) is 17.7 Å². The molecule has 8 heteroatoms. The molecule has 0 amide bonds. The van der Waals surface area contributed by atoms with Crippen LogP contribution in [0.1, 0.15) is 0 Å². The van der Waals surface area contributed by atoms with Crippen molar-refractivity contribution in [3.63, 3.8) is 0 Å². The van der Waals surface area contributed by atoms with E-state index in [1.807, 2.05) is 0 Å². The van der Waals surface area contributed by atoms with Gasteiger partial charge in [-0.05, 0) is 18.2 Å². The summed E-state index contributed by atoms with van der Waals surface area (Å²) < 4.78 is 20.1. The second-order valence-corrected chi connectivity index (χ2v) is 5.03. The first-order valence-electron chi connectivity index (χ1n) is 6.36. The number of hydrogen-bond acceptors (Lipinski definition) is 4. The highest BCUT2D eigenvalue weighted by Crippen LogP contribution is 2.32. The standard InChI is InChI=1S/C14H12ClFN4O2/c1-20-14(21)11-9(6-10(15)18-13(11)19-20)17-8-5-3-4-7(16)12(8)22-2/h3-6H,1-2H3,(H2,17,18,19). The number of hydrogen-bond donors (Lipinski definition) is 2. The predicted molar refractivity (Wildman–Crippen MR) is 82.6 cm³/mol. The van der Waals surface area contributed by atoms with E-state index in [9.17, 15) is 9.18 Å². The third-order valence-corrected chi connectivity index (χ3v) is 3.41. The molecule has 2 N–H and O–H groups in total. The molecule has 0 bridgehead atoms. The second-order valence-electron chi connectivity index (χ2n) is 4.64. The normalized spacial score (nSPS) is 10.9. The molecule has 0 aliphatic carbocycles. The summed E-state index contributed by atoms with van der Waals surface area (Å²) in [4.78, 5) is 16.2. The minimum atomic E-state index is -0.508. The molecule has 114 valence electrons. The number of nitrogens with zero attached hydrogens (tertiary/aromatic N) is 2. The summed E-state index contributed by atoms with van der Waals surface area (Å²) in [5, 5.41) is 6.31. The molecule has 0 atom stereocenters. The Morgan fingerprint density at radius 1 is 1.41 bits per heavy atom. The lowest BCUT2D eigenvalue weighted by molar-refractivity contribution is 0.388. The van der Waals surface area contributed by atoms with E-state index in [1.165, 1.54) is 30.0 Å². The summed E-state index contributed by atoms with van der Waals surface area (Å²) in [7, 11) is 2.94. The largest absolute Gasteiger partial charge is 0.492 e. The molecule has 0 aliphatic rings. The highest BCUT2D eigenvalue weighted by atomic mass is 35.5. The second kappa shape index (κ2) is 5.34. The van der Waals surface area contributed by atoms with Crippen molar-refractivity contribution in [3.05, 3.63) is 45.6 Å². The van der Waals surface area contributed by atoms with Gasteiger partial charge in [0, 0.05) is 7.05 Å². The summed E-state index contributed by atoms with van der Waals surface area (Å²) in [6.45, 7) is 0. The molecule has 3 rings (SSSR count). The predicted octanol–water partition coefficient (Wildman–Crippen LogP) is 2.81. The average Bonchev–Trinajstić information content (AvgIpc) is 2.74. The van der Waals surface area contributed by atoms with E-state index in [1.54, 1.807) is 13.1 Å². The summed E-state index contributed by atoms with van der Waals surface area (Å²) in [5.74, 6) is -0.457. The van der Waals surface area contributed by atoms with Crippen molar-refractivity contribution >= 4 is 34.0 Å². The number of para-hydroxylation sites is 1. The number of ether oxygens (including phenoxy) is 1. The van der Waals surface area contributed by atoms with E-state index in [-0.39, 0.29) is 16.5 Å². The van der Waals surface area contributed by atoms with Crippen LogP contribution in [0.3, 0.4) is 0 Å². The van der Waals surface area contributed by atoms with Crippen molar-refractivity contribution in [2.75, 3.05) is 12.4 Å². The van der Waals surface area contributed by atoms with Crippen molar-refractivity contribution in [3.8, 4) is 5.75 Å². The molecule has 0 saturated carbocycles. The topological polar surface area (TPSA) is 71.9 Å². The maximum Gasteiger partial charge on any atom is 0.277 e. The van der Waals surface area contributed by atoms with E-state index in [4.69, 9.17) is 16.3 Å². The number of methoxy groups -OCH3 is 1. The summed E-state index contributed by atoms with van der Waals surface area (Å²) in [6, 6.07) is 5.96. The van der Waals surface area contributed by atoms with Crippen LogP contribution in [-0.2, 0) is 7.05 Å².